The van der Waals surface area contributed by atoms with E-state index in [9.17, 15) is 8.78 Å². The number of halogens is 2. The zero-order valence-electron chi connectivity index (χ0n) is 13.1. The normalized spacial score (nSPS) is 11.3. The van der Waals surface area contributed by atoms with Crippen molar-refractivity contribution in [3.63, 3.8) is 0 Å². The molecule has 3 nitrogen and oxygen atoms in total. The molecule has 1 aromatic carbocycles. The highest BCUT2D eigenvalue weighted by Gasteiger charge is 2.18. The van der Waals surface area contributed by atoms with Crippen LogP contribution in [0.3, 0.4) is 0 Å². The second-order valence-electron chi connectivity index (χ2n) is 6.30. The molecule has 0 fully saturated rings. The third-order valence-electron chi connectivity index (χ3n) is 3.35. The van der Waals surface area contributed by atoms with E-state index >= 15 is 0 Å². The van der Waals surface area contributed by atoms with Crippen LogP contribution in [0.4, 0.5) is 8.78 Å². The van der Waals surface area contributed by atoms with Crippen molar-refractivity contribution < 1.29 is 8.78 Å². The average molecular weight is 311 g/mol. The van der Waals surface area contributed by atoms with E-state index in [0.29, 0.717) is 5.56 Å². The summed E-state index contributed by atoms with van der Waals surface area (Å²) in [6.07, 6.45) is 3.31. The van der Waals surface area contributed by atoms with Crippen LogP contribution < -0.4 is 0 Å². The maximum atomic E-state index is 13.6. The first kappa shape index (κ1) is 15.2. The number of aromatic nitrogens is 3. The molecule has 23 heavy (non-hydrogen) atoms. The summed E-state index contributed by atoms with van der Waals surface area (Å²) in [5.74, 6) is 4.34. The lowest BCUT2D eigenvalue weighted by molar-refractivity contribution is 0.562. The number of hydrogen-bond donors (Lipinski definition) is 0. The van der Waals surface area contributed by atoms with E-state index in [1.54, 1.807) is 16.9 Å². The lowest BCUT2D eigenvalue weighted by atomic mass is 9.93. The van der Waals surface area contributed by atoms with E-state index < -0.39 is 11.6 Å². The molecule has 2 aromatic heterocycles. The van der Waals surface area contributed by atoms with Crippen molar-refractivity contribution >= 4 is 5.65 Å². The molecule has 0 aliphatic carbocycles. The van der Waals surface area contributed by atoms with Crippen LogP contribution in [0.25, 0.3) is 5.65 Å². The van der Waals surface area contributed by atoms with Gasteiger partial charge < -0.3 is 0 Å². The number of rotatable bonds is 0. The van der Waals surface area contributed by atoms with E-state index in [1.807, 2.05) is 6.07 Å². The Morgan fingerprint density at radius 2 is 1.87 bits per heavy atom. The number of nitrogens with zero attached hydrogens (tertiary/aromatic N) is 3. The van der Waals surface area contributed by atoms with Crippen molar-refractivity contribution in [2.45, 2.75) is 26.2 Å². The van der Waals surface area contributed by atoms with Crippen LogP contribution in [0.2, 0.25) is 0 Å². The molecule has 0 amide bonds. The van der Waals surface area contributed by atoms with Crippen LogP contribution >= 0.6 is 0 Å². The lowest BCUT2D eigenvalue weighted by Gasteiger charge is -2.13. The minimum absolute atomic E-state index is 0.0148. The summed E-state index contributed by atoms with van der Waals surface area (Å²) in [4.78, 5) is 4.30. The van der Waals surface area contributed by atoms with Gasteiger partial charge in [-0.2, -0.15) is 5.10 Å². The van der Waals surface area contributed by atoms with Gasteiger partial charge in [-0.1, -0.05) is 32.6 Å². The molecule has 3 rings (SSSR count). The largest absolute Gasteiger partial charge is 0.236 e. The molecule has 0 N–H and O–H groups in total. The summed E-state index contributed by atoms with van der Waals surface area (Å²) < 4.78 is 28.3. The zero-order valence-corrected chi connectivity index (χ0v) is 13.1. The Morgan fingerprint density at radius 3 is 2.61 bits per heavy atom. The predicted molar refractivity (Wildman–Crippen MR) is 84.0 cm³/mol. The molecule has 0 spiro atoms. The molecule has 0 saturated heterocycles. The first-order valence-electron chi connectivity index (χ1n) is 7.16. The van der Waals surface area contributed by atoms with Gasteiger partial charge in [0, 0.05) is 23.9 Å². The van der Waals surface area contributed by atoms with Crippen molar-refractivity contribution in [1.29, 1.82) is 0 Å². The topological polar surface area (TPSA) is 30.2 Å². The van der Waals surface area contributed by atoms with Gasteiger partial charge in [-0.3, -0.25) is 0 Å². The van der Waals surface area contributed by atoms with Gasteiger partial charge in [0.25, 0.3) is 0 Å². The summed E-state index contributed by atoms with van der Waals surface area (Å²) in [6.45, 7) is 6.21. The summed E-state index contributed by atoms with van der Waals surface area (Å²) in [5, 5.41) is 4.48. The quantitative estimate of drug-likeness (QED) is 0.593. The van der Waals surface area contributed by atoms with Crippen molar-refractivity contribution in [3.8, 4) is 11.8 Å². The van der Waals surface area contributed by atoms with E-state index in [2.05, 4.69) is 42.7 Å². The molecule has 3 aromatic rings. The Hall–Kier alpha value is -2.74. The Balaban J connectivity index is 1.99. The second-order valence-corrected chi connectivity index (χ2v) is 6.30. The van der Waals surface area contributed by atoms with Gasteiger partial charge in [-0.15, -0.1) is 0 Å². The van der Waals surface area contributed by atoms with E-state index in [-0.39, 0.29) is 11.0 Å². The smallest absolute Gasteiger partial charge is 0.155 e. The molecular weight excluding hydrogens is 296 g/mol. The molecular formula is C18H15F2N3. The fourth-order valence-electron chi connectivity index (χ4n) is 2.04. The van der Waals surface area contributed by atoms with Gasteiger partial charge in [0.05, 0.1) is 16.8 Å². The molecule has 2 heterocycles. The SMILES string of the molecule is CC(C)(C)c1cc2ncc(C#Cc3cc(F)ccc3F)cn2n1. The number of fused-ring (bicyclic) bond motifs is 1. The highest BCUT2D eigenvalue weighted by Crippen LogP contribution is 2.21. The summed E-state index contributed by atoms with van der Waals surface area (Å²) in [7, 11) is 0. The number of benzene rings is 1. The predicted octanol–water partition coefficient (Wildman–Crippen LogP) is 3.70. The molecule has 0 radical (unpaired) electrons. The molecule has 0 unspecified atom stereocenters. The van der Waals surface area contributed by atoms with Crippen molar-refractivity contribution in [3.05, 3.63) is 65.1 Å². The second kappa shape index (κ2) is 5.47. The molecule has 116 valence electrons. The first-order valence-corrected chi connectivity index (χ1v) is 7.16. The summed E-state index contributed by atoms with van der Waals surface area (Å²) in [6, 6.07) is 5.11. The zero-order chi connectivity index (χ0) is 16.6. The van der Waals surface area contributed by atoms with Crippen LogP contribution in [-0.2, 0) is 5.41 Å². The van der Waals surface area contributed by atoms with Crippen LogP contribution in [0.5, 0.6) is 0 Å². The fraction of sp³-hybridized carbons (Fsp3) is 0.222. The minimum Gasteiger partial charge on any atom is -0.236 e. The molecule has 0 bridgehead atoms. The van der Waals surface area contributed by atoms with Crippen LogP contribution in [0.15, 0.2) is 36.7 Å². The molecule has 0 aliphatic rings. The van der Waals surface area contributed by atoms with Crippen molar-refractivity contribution in [2.24, 2.45) is 0 Å². The Morgan fingerprint density at radius 1 is 1.09 bits per heavy atom. The Bertz CT molecular complexity index is 940. The first-order chi connectivity index (χ1) is 10.8. The van der Waals surface area contributed by atoms with Crippen LogP contribution in [-0.4, -0.2) is 14.6 Å². The maximum Gasteiger partial charge on any atom is 0.155 e. The summed E-state index contributed by atoms with van der Waals surface area (Å²) >= 11 is 0. The molecule has 0 atom stereocenters. The van der Waals surface area contributed by atoms with Gasteiger partial charge in [0.15, 0.2) is 5.65 Å². The summed E-state index contributed by atoms with van der Waals surface area (Å²) in [5.41, 5.74) is 2.15. The van der Waals surface area contributed by atoms with Crippen molar-refractivity contribution in [1.82, 2.24) is 14.6 Å². The molecule has 0 saturated carbocycles. The molecule has 0 aliphatic heterocycles. The van der Waals surface area contributed by atoms with E-state index in [1.165, 1.54) is 0 Å². The average Bonchev–Trinajstić information content (AvgIpc) is 2.91. The fourth-order valence-corrected chi connectivity index (χ4v) is 2.04. The maximum absolute atomic E-state index is 13.6. The van der Waals surface area contributed by atoms with Gasteiger partial charge in [0.1, 0.15) is 11.6 Å². The van der Waals surface area contributed by atoms with Crippen LogP contribution in [0.1, 0.15) is 37.6 Å². The third-order valence-corrected chi connectivity index (χ3v) is 3.35. The van der Waals surface area contributed by atoms with Gasteiger partial charge >= 0.3 is 0 Å². The minimum atomic E-state index is -0.554. The van der Waals surface area contributed by atoms with Crippen molar-refractivity contribution in [2.75, 3.05) is 0 Å². The lowest BCUT2D eigenvalue weighted by Crippen LogP contribution is -2.11. The Kier molecular flexibility index (Phi) is 3.61. The van der Waals surface area contributed by atoms with E-state index in [4.69, 9.17) is 0 Å². The molecule has 5 heteroatoms. The van der Waals surface area contributed by atoms with Gasteiger partial charge in [-0.25, -0.2) is 18.3 Å². The van der Waals surface area contributed by atoms with E-state index in [0.717, 1.165) is 29.5 Å². The monoisotopic (exact) mass is 311 g/mol. The standard InChI is InChI=1S/C18H15F2N3/c1-18(2,3)16-9-17-21-10-12(11-23(17)22-16)4-5-13-8-14(19)6-7-15(13)20/h6-11H,1-3H3. The van der Waals surface area contributed by atoms with Gasteiger partial charge in [-0.05, 0) is 18.2 Å². The third kappa shape index (κ3) is 3.21. The highest BCUT2D eigenvalue weighted by molar-refractivity contribution is 5.46. The van der Waals surface area contributed by atoms with Crippen LogP contribution in [0, 0.1) is 23.5 Å². The van der Waals surface area contributed by atoms with Gasteiger partial charge in [0.2, 0.25) is 0 Å². The number of hydrogen-bond acceptors (Lipinski definition) is 2. The Labute approximate surface area is 133 Å². The highest BCUT2D eigenvalue weighted by atomic mass is 19.1.